The van der Waals surface area contributed by atoms with Gasteiger partial charge < -0.3 is 15.2 Å². The molecule has 5 nitrogen and oxygen atoms in total. The number of nitrogens with two attached hydrogens (primary N) is 1. The summed E-state index contributed by atoms with van der Waals surface area (Å²) in [7, 11) is 0. The Kier molecular flexibility index (Phi) is 3.35. The Morgan fingerprint density at radius 2 is 2.06 bits per heavy atom. The molecule has 0 amide bonds. The molecule has 2 aliphatic heterocycles. The fourth-order valence-corrected chi connectivity index (χ4v) is 3.37. The van der Waals surface area contributed by atoms with E-state index in [9.17, 15) is 0 Å². The third kappa shape index (κ3) is 2.06. The highest BCUT2D eigenvalue weighted by molar-refractivity contribution is 5.05. The van der Waals surface area contributed by atoms with Crippen molar-refractivity contribution >= 4 is 0 Å². The van der Waals surface area contributed by atoms with Gasteiger partial charge in [0.15, 0.2) is 0 Å². The van der Waals surface area contributed by atoms with Crippen molar-refractivity contribution in [3.8, 4) is 0 Å². The lowest BCUT2D eigenvalue weighted by Gasteiger charge is -2.24. The van der Waals surface area contributed by atoms with E-state index in [2.05, 4.69) is 26.6 Å². The van der Waals surface area contributed by atoms with Crippen LogP contribution in [0, 0.1) is 0 Å². The Balaban J connectivity index is 1.77. The number of nitrogens with zero attached hydrogens (tertiary/aromatic N) is 4. The molecule has 0 spiro atoms. The summed E-state index contributed by atoms with van der Waals surface area (Å²) in [4.78, 5) is 2.56. The summed E-state index contributed by atoms with van der Waals surface area (Å²) in [6.07, 6.45) is 5.85. The summed E-state index contributed by atoms with van der Waals surface area (Å²) in [5, 5.41) is 8.69. The number of likely N-dealkylation sites (N-methyl/N-ethyl adjacent to an activating group) is 1. The van der Waals surface area contributed by atoms with Gasteiger partial charge in [-0.25, -0.2) is 0 Å². The third-order valence-corrected chi connectivity index (χ3v) is 4.41. The predicted octanol–water partition coefficient (Wildman–Crippen LogP) is 1.10. The quantitative estimate of drug-likeness (QED) is 0.871. The van der Waals surface area contributed by atoms with E-state index in [1.165, 1.54) is 19.4 Å². The van der Waals surface area contributed by atoms with Crippen LogP contribution in [-0.4, -0.2) is 38.8 Å². The van der Waals surface area contributed by atoms with Gasteiger partial charge in [-0.3, -0.25) is 0 Å². The van der Waals surface area contributed by atoms with Gasteiger partial charge in [0, 0.05) is 19.0 Å². The Hall–Kier alpha value is -0.940. The van der Waals surface area contributed by atoms with Crippen LogP contribution in [0.5, 0.6) is 0 Å². The van der Waals surface area contributed by atoms with Gasteiger partial charge in [-0.15, -0.1) is 10.2 Å². The number of hydrogen-bond donors (Lipinski definition) is 1. The highest BCUT2D eigenvalue weighted by atomic mass is 15.3. The van der Waals surface area contributed by atoms with Gasteiger partial charge in [0.1, 0.15) is 11.6 Å². The molecule has 2 N–H and O–H groups in total. The van der Waals surface area contributed by atoms with Crippen LogP contribution in [0.3, 0.4) is 0 Å². The molecule has 1 fully saturated rings. The minimum absolute atomic E-state index is 0.0888. The molecule has 0 radical (unpaired) electrons. The first-order valence-electron chi connectivity index (χ1n) is 7.21. The van der Waals surface area contributed by atoms with Crippen molar-refractivity contribution in [1.82, 2.24) is 19.7 Å². The van der Waals surface area contributed by atoms with Crippen LogP contribution < -0.4 is 5.73 Å². The van der Waals surface area contributed by atoms with Crippen LogP contribution >= 0.6 is 0 Å². The zero-order valence-corrected chi connectivity index (χ0v) is 11.2. The van der Waals surface area contributed by atoms with E-state index in [1.807, 2.05) is 0 Å². The van der Waals surface area contributed by atoms with E-state index in [1.54, 1.807) is 0 Å². The molecule has 3 heterocycles. The Morgan fingerprint density at radius 3 is 2.89 bits per heavy atom. The SMILES string of the molecule is CCN1CCCC1Cc1nnc2n1CCCC2N. The molecule has 2 atom stereocenters. The molecule has 100 valence electrons. The third-order valence-electron chi connectivity index (χ3n) is 4.41. The molecule has 1 aromatic rings. The lowest BCUT2D eigenvalue weighted by molar-refractivity contribution is 0.260. The maximum Gasteiger partial charge on any atom is 0.149 e. The summed E-state index contributed by atoms with van der Waals surface area (Å²) in [6, 6.07) is 0.743. The van der Waals surface area contributed by atoms with Crippen molar-refractivity contribution in [2.45, 2.75) is 57.7 Å². The van der Waals surface area contributed by atoms with Crippen LogP contribution in [-0.2, 0) is 13.0 Å². The van der Waals surface area contributed by atoms with Gasteiger partial charge in [0.25, 0.3) is 0 Å². The van der Waals surface area contributed by atoms with Crippen LogP contribution in [0.2, 0.25) is 0 Å². The smallest absolute Gasteiger partial charge is 0.149 e. The topological polar surface area (TPSA) is 60.0 Å². The highest BCUT2D eigenvalue weighted by Gasteiger charge is 2.27. The van der Waals surface area contributed by atoms with Crippen molar-refractivity contribution in [2.75, 3.05) is 13.1 Å². The average Bonchev–Trinajstić information content (AvgIpc) is 2.98. The Morgan fingerprint density at radius 1 is 1.22 bits per heavy atom. The maximum absolute atomic E-state index is 6.09. The van der Waals surface area contributed by atoms with Gasteiger partial charge in [-0.2, -0.15) is 0 Å². The van der Waals surface area contributed by atoms with E-state index in [4.69, 9.17) is 5.73 Å². The largest absolute Gasteiger partial charge is 0.321 e. The van der Waals surface area contributed by atoms with E-state index in [0.29, 0.717) is 6.04 Å². The average molecular weight is 249 g/mol. The van der Waals surface area contributed by atoms with Crippen molar-refractivity contribution in [2.24, 2.45) is 5.73 Å². The molecule has 2 aliphatic rings. The monoisotopic (exact) mass is 249 g/mol. The molecule has 5 heteroatoms. The fourth-order valence-electron chi connectivity index (χ4n) is 3.37. The molecule has 18 heavy (non-hydrogen) atoms. The van der Waals surface area contributed by atoms with Crippen molar-refractivity contribution in [1.29, 1.82) is 0 Å². The fraction of sp³-hybridized carbons (Fsp3) is 0.846. The van der Waals surface area contributed by atoms with Gasteiger partial charge in [0.05, 0.1) is 6.04 Å². The Bertz CT molecular complexity index is 414. The zero-order chi connectivity index (χ0) is 12.5. The second-order valence-electron chi connectivity index (χ2n) is 5.50. The first-order chi connectivity index (χ1) is 8.79. The molecule has 0 bridgehead atoms. The van der Waals surface area contributed by atoms with E-state index in [0.717, 1.165) is 44.0 Å². The minimum atomic E-state index is 0.0888. The second kappa shape index (κ2) is 4.97. The molecular weight excluding hydrogens is 226 g/mol. The molecule has 1 aromatic heterocycles. The van der Waals surface area contributed by atoms with Crippen LogP contribution in [0.25, 0.3) is 0 Å². The molecular formula is C13H23N5. The molecule has 2 unspecified atom stereocenters. The zero-order valence-electron chi connectivity index (χ0n) is 11.2. The number of likely N-dealkylation sites (tertiary alicyclic amines) is 1. The first kappa shape index (κ1) is 12.1. The maximum atomic E-state index is 6.09. The van der Waals surface area contributed by atoms with E-state index < -0.39 is 0 Å². The highest BCUT2D eigenvalue weighted by Crippen LogP contribution is 2.25. The normalized spacial score (nSPS) is 28.6. The van der Waals surface area contributed by atoms with Crippen LogP contribution in [0.1, 0.15) is 50.3 Å². The second-order valence-corrected chi connectivity index (χ2v) is 5.50. The lowest BCUT2D eigenvalue weighted by Crippen LogP contribution is -2.32. The first-order valence-corrected chi connectivity index (χ1v) is 7.21. The molecule has 0 aromatic carbocycles. The standard InChI is InChI=1S/C13H23N5/c1-2-17-7-3-5-10(17)9-12-15-16-13-11(14)6-4-8-18(12)13/h10-11H,2-9,14H2,1H3. The lowest BCUT2D eigenvalue weighted by atomic mass is 10.1. The Labute approximate surface area is 108 Å². The van der Waals surface area contributed by atoms with Gasteiger partial charge in [-0.05, 0) is 38.8 Å². The number of hydrogen-bond acceptors (Lipinski definition) is 4. The number of aromatic nitrogens is 3. The molecule has 1 saturated heterocycles. The van der Waals surface area contributed by atoms with Crippen LogP contribution in [0.15, 0.2) is 0 Å². The summed E-state index contributed by atoms with van der Waals surface area (Å²) in [6.45, 7) is 5.67. The summed E-state index contributed by atoms with van der Waals surface area (Å²) < 4.78 is 2.26. The minimum Gasteiger partial charge on any atom is -0.321 e. The summed E-state index contributed by atoms with van der Waals surface area (Å²) in [5.74, 6) is 2.14. The van der Waals surface area contributed by atoms with Crippen molar-refractivity contribution in [3.05, 3.63) is 11.6 Å². The van der Waals surface area contributed by atoms with Gasteiger partial charge >= 0.3 is 0 Å². The van der Waals surface area contributed by atoms with E-state index in [-0.39, 0.29) is 6.04 Å². The number of fused-ring (bicyclic) bond motifs is 1. The summed E-state index contributed by atoms with van der Waals surface area (Å²) >= 11 is 0. The predicted molar refractivity (Wildman–Crippen MR) is 70.2 cm³/mol. The van der Waals surface area contributed by atoms with Crippen LogP contribution in [0.4, 0.5) is 0 Å². The molecule has 3 rings (SSSR count). The van der Waals surface area contributed by atoms with Crippen molar-refractivity contribution < 1.29 is 0 Å². The van der Waals surface area contributed by atoms with Crippen molar-refractivity contribution in [3.63, 3.8) is 0 Å². The van der Waals surface area contributed by atoms with E-state index >= 15 is 0 Å². The van der Waals surface area contributed by atoms with Gasteiger partial charge in [0.2, 0.25) is 0 Å². The van der Waals surface area contributed by atoms with Gasteiger partial charge in [-0.1, -0.05) is 6.92 Å². The summed E-state index contributed by atoms with van der Waals surface area (Å²) in [5.41, 5.74) is 6.09. The molecule has 0 saturated carbocycles. The number of rotatable bonds is 3. The molecule has 0 aliphatic carbocycles.